The average molecular weight is 242 g/mol. The van der Waals surface area contributed by atoms with Crippen molar-refractivity contribution in [2.24, 2.45) is 5.41 Å². The summed E-state index contributed by atoms with van der Waals surface area (Å²) in [5.41, 5.74) is -0.927. The van der Waals surface area contributed by atoms with Gasteiger partial charge in [0.05, 0.1) is 6.61 Å². The Hall–Kier alpha value is -0.900. The van der Waals surface area contributed by atoms with Gasteiger partial charge in [-0.05, 0) is 33.1 Å². The highest BCUT2D eigenvalue weighted by molar-refractivity contribution is 6.04. The first-order valence-corrected chi connectivity index (χ1v) is 6.45. The SMILES string of the molecule is CCOCCC1(C(=O)OCC)CCCCC1=O. The third-order valence-electron chi connectivity index (χ3n) is 3.33. The number of hydrogen-bond donors (Lipinski definition) is 0. The van der Waals surface area contributed by atoms with Gasteiger partial charge >= 0.3 is 5.97 Å². The number of carbonyl (C=O) groups is 2. The van der Waals surface area contributed by atoms with E-state index in [0.717, 1.165) is 12.8 Å². The molecule has 1 atom stereocenters. The van der Waals surface area contributed by atoms with Gasteiger partial charge in [-0.2, -0.15) is 0 Å². The van der Waals surface area contributed by atoms with Crippen molar-refractivity contribution in [1.82, 2.24) is 0 Å². The summed E-state index contributed by atoms with van der Waals surface area (Å²) in [6.45, 7) is 5.04. The Labute approximate surface area is 103 Å². The molecule has 0 radical (unpaired) electrons. The molecule has 0 N–H and O–H groups in total. The third-order valence-corrected chi connectivity index (χ3v) is 3.33. The maximum absolute atomic E-state index is 12.1. The predicted octanol–water partition coefficient (Wildman–Crippen LogP) is 2.11. The molecule has 0 aromatic rings. The lowest BCUT2D eigenvalue weighted by Crippen LogP contribution is -2.43. The summed E-state index contributed by atoms with van der Waals surface area (Å²) in [6, 6.07) is 0. The summed E-state index contributed by atoms with van der Waals surface area (Å²) < 4.78 is 10.3. The monoisotopic (exact) mass is 242 g/mol. The van der Waals surface area contributed by atoms with Crippen molar-refractivity contribution in [3.05, 3.63) is 0 Å². The van der Waals surface area contributed by atoms with Gasteiger partial charge in [0.25, 0.3) is 0 Å². The van der Waals surface area contributed by atoms with Crippen LogP contribution in [0.1, 0.15) is 46.0 Å². The number of hydrogen-bond acceptors (Lipinski definition) is 4. The van der Waals surface area contributed by atoms with Crippen LogP contribution in [0.25, 0.3) is 0 Å². The maximum Gasteiger partial charge on any atom is 0.319 e. The molecule has 0 aliphatic heterocycles. The molecule has 0 bridgehead atoms. The zero-order valence-corrected chi connectivity index (χ0v) is 10.8. The highest BCUT2D eigenvalue weighted by Crippen LogP contribution is 2.37. The second-order valence-electron chi connectivity index (χ2n) is 4.38. The molecular weight excluding hydrogens is 220 g/mol. The zero-order chi connectivity index (χ0) is 12.7. The fraction of sp³-hybridized carbons (Fsp3) is 0.846. The molecule has 0 aromatic heterocycles. The number of ether oxygens (including phenoxy) is 2. The Morgan fingerprint density at radius 2 is 2.06 bits per heavy atom. The molecule has 1 fully saturated rings. The van der Waals surface area contributed by atoms with Gasteiger partial charge in [0.1, 0.15) is 11.2 Å². The number of carbonyl (C=O) groups excluding carboxylic acids is 2. The van der Waals surface area contributed by atoms with Crippen molar-refractivity contribution >= 4 is 11.8 Å². The molecule has 17 heavy (non-hydrogen) atoms. The first-order chi connectivity index (χ1) is 8.17. The van der Waals surface area contributed by atoms with Gasteiger partial charge in [0.2, 0.25) is 0 Å². The molecule has 1 rings (SSSR count). The van der Waals surface area contributed by atoms with Crippen LogP contribution in [0.4, 0.5) is 0 Å². The van der Waals surface area contributed by atoms with Crippen LogP contribution in [0.3, 0.4) is 0 Å². The van der Waals surface area contributed by atoms with Crippen molar-refractivity contribution in [1.29, 1.82) is 0 Å². The van der Waals surface area contributed by atoms with E-state index in [1.54, 1.807) is 6.92 Å². The molecular formula is C13H22O4. The van der Waals surface area contributed by atoms with Gasteiger partial charge in [0, 0.05) is 19.6 Å². The molecule has 1 aliphatic carbocycles. The van der Waals surface area contributed by atoms with Crippen LogP contribution in [0.5, 0.6) is 0 Å². The Morgan fingerprint density at radius 1 is 1.29 bits per heavy atom. The summed E-state index contributed by atoms with van der Waals surface area (Å²) in [4.78, 5) is 24.1. The van der Waals surface area contributed by atoms with E-state index in [-0.39, 0.29) is 11.8 Å². The summed E-state index contributed by atoms with van der Waals surface area (Å²) in [7, 11) is 0. The third kappa shape index (κ3) is 3.28. The molecule has 98 valence electrons. The van der Waals surface area contributed by atoms with Crippen molar-refractivity contribution < 1.29 is 19.1 Å². The van der Waals surface area contributed by atoms with Gasteiger partial charge < -0.3 is 9.47 Å². The lowest BCUT2D eigenvalue weighted by Gasteiger charge is -2.33. The average Bonchev–Trinajstić information content (AvgIpc) is 2.32. The van der Waals surface area contributed by atoms with Crippen LogP contribution in [0, 0.1) is 5.41 Å². The largest absolute Gasteiger partial charge is 0.465 e. The van der Waals surface area contributed by atoms with Crippen LogP contribution in [-0.2, 0) is 19.1 Å². The van der Waals surface area contributed by atoms with E-state index in [0.29, 0.717) is 39.1 Å². The summed E-state index contributed by atoms with van der Waals surface area (Å²) >= 11 is 0. The number of esters is 1. The highest BCUT2D eigenvalue weighted by Gasteiger charge is 2.47. The van der Waals surface area contributed by atoms with Gasteiger partial charge in [0.15, 0.2) is 0 Å². The van der Waals surface area contributed by atoms with E-state index >= 15 is 0 Å². The minimum Gasteiger partial charge on any atom is -0.465 e. The van der Waals surface area contributed by atoms with Gasteiger partial charge in [-0.1, -0.05) is 6.42 Å². The molecule has 4 heteroatoms. The molecule has 1 saturated carbocycles. The first kappa shape index (κ1) is 14.2. The highest BCUT2D eigenvalue weighted by atomic mass is 16.5. The van der Waals surface area contributed by atoms with Gasteiger partial charge in [-0.25, -0.2) is 0 Å². The minimum atomic E-state index is -0.927. The van der Waals surface area contributed by atoms with Crippen molar-refractivity contribution in [3.8, 4) is 0 Å². The molecule has 0 saturated heterocycles. The number of rotatable bonds is 6. The molecule has 0 aromatic carbocycles. The molecule has 1 aliphatic rings. The second kappa shape index (κ2) is 6.74. The van der Waals surface area contributed by atoms with E-state index in [9.17, 15) is 9.59 Å². The lowest BCUT2D eigenvalue weighted by molar-refractivity contribution is -0.163. The fourth-order valence-corrected chi connectivity index (χ4v) is 2.33. The van der Waals surface area contributed by atoms with E-state index in [2.05, 4.69) is 0 Å². The van der Waals surface area contributed by atoms with Crippen LogP contribution >= 0.6 is 0 Å². The van der Waals surface area contributed by atoms with Gasteiger partial charge in [-0.15, -0.1) is 0 Å². The fourth-order valence-electron chi connectivity index (χ4n) is 2.33. The van der Waals surface area contributed by atoms with E-state index in [1.165, 1.54) is 0 Å². The molecule has 0 heterocycles. The van der Waals surface area contributed by atoms with Crippen molar-refractivity contribution in [3.63, 3.8) is 0 Å². The first-order valence-electron chi connectivity index (χ1n) is 6.45. The van der Waals surface area contributed by atoms with Crippen LogP contribution in [0.2, 0.25) is 0 Å². The summed E-state index contributed by atoms with van der Waals surface area (Å²) in [5.74, 6) is -0.327. The maximum atomic E-state index is 12.1. The topological polar surface area (TPSA) is 52.6 Å². The predicted molar refractivity (Wildman–Crippen MR) is 63.7 cm³/mol. The Morgan fingerprint density at radius 3 is 2.65 bits per heavy atom. The number of Topliss-reactive ketones (excluding diaryl/α,β-unsaturated/α-hetero) is 1. The quantitative estimate of drug-likeness (QED) is 0.406. The molecule has 0 amide bonds. The van der Waals surface area contributed by atoms with Crippen molar-refractivity contribution in [2.45, 2.75) is 46.0 Å². The molecule has 0 spiro atoms. The van der Waals surface area contributed by atoms with Gasteiger partial charge in [-0.3, -0.25) is 9.59 Å². The van der Waals surface area contributed by atoms with E-state index < -0.39 is 5.41 Å². The summed E-state index contributed by atoms with van der Waals surface area (Å²) in [5, 5.41) is 0. The lowest BCUT2D eigenvalue weighted by atomic mass is 9.71. The Kier molecular flexibility index (Phi) is 5.62. The van der Waals surface area contributed by atoms with Crippen molar-refractivity contribution in [2.75, 3.05) is 19.8 Å². The summed E-state index contributed by atoms with van der Waals surface area (Å²) in [6.07, 6.45) is 3.35. The Balaban J connectivity index is 2.74. The second-order valence-corrected chi connectivity index (χ2v) is 4.38. The van der Waals surface area contributed by atoms with Crippen LogP contribution in [-0.4, -0.2) is 31.6 Å². The normalized spacial score (nSPS) is 24.7. The number of ketones is 1. The molecule has 4 nitrogen and oxygen atoms in total. The zero-order valence-electron chi connectivity index (χ0n) is 10.8. The molecule has 1 unspecified atom stereocenters. The van der Waals surface area contributed by atoms with Crippen LogP contribution in [0.15, 0.2) is 0 Å². The standard InChI is InChI=1S/C13H22O4/c1-3-16-10-9-13(12(15)17-4-2)8-6-5-7-11(13)14/h3-10H2,1-2H3. The minimum absolute atomic E-state index is 0.0295. The van der Waals surface area contributed by atoms with E-state index in [4.69, 9.17) is 9.47 Å². The van der Waals surface area contributed by atoms with Crippen LogP contribution < -0.4 is 0 Å². The van der Waals surface area contributed by atoms with E-state index in [1.807, 2.05) is 6.92 Å². The Bertz CT molecular complexity index is 275. The smallest absolute Gasteiger partial charge is 0.319 e.